The molecule has 0 aliphatic carbocycles. The second-order valence-electron chi connectivity index (χ2n) is 7.24. The van der Waals surface area contributed by atoms with Gasteiger partial charge in [0.05, 0.1) is 10.6 Å². The molecule has 0 aliphatic heterocycles. The van der Waals surface area contributed by atoms with E-state index in [0.29, 0.717) is 6.07 Å². The molecule has 0 saturated heterocycles. The fourth-order valence-electron chi connectivity index (χ4n) is 2.87. The van der Waals surface area contributed by atoms with Crippen LogP contribution >= 0.6 is 11.6 Å². The minimum absolute atomic E-state index is 0.0939. The van der Waals surface area contributed by atoms with E-state index in [0.717, 1.165) is 12.1 Å². The number of nitrogens with two attached hydrogens (primary N) is 1. The Labute approximate surface area is 214 Å². The lowest BCUT2D eigenvalue weighted by Crippen LogP contribution is -2.36. The number of carbonyl (C=O) groups is 3. The number of carboxylic acids is 1. The minimum atomic E-state index is -4.75. The molecule has 1 unspecified atom stereocenters. The van der Waals surface area contributed by atoms with E-state index in [1.807, 2.05) is 0 Å². The van der Waals surface area contributed by atoms with E-state index in [4.69, 9.17) is 22.1 Å². The molecule has 6 N–H and O–H groups in total. The third-order valence-electron chi connectivity index (χ3n) is 4.60. The van der Waals surface area contributed by atoms with Crippen LogP contribution in [-0.2, 0) is 15.8 Å². The van der Waals surface area contributed by atoms with Crippen molar-refractivity contribution in [2.75, 3.05) is 12.4 Å². The molecule has 13 heteroatoms. The lowest BCUT2D eigenvalue weighted by molar-refractivity contribution is -0.139. The number of anilines is 1. The third kappa shape index (κ3) is 8.32. The smallest absolute Gasteiger partial charge is 0.417 e. The SMILES string of the molecule is C=C(/C=C(\C=C/N)Oc1ccc(C(NC(=O)Nc2ccc(Cl)c(C(F)(F)F)c2)C(=O)O)cc1)C(=O)NC. The maximum atomic E-state index is 13.0. The normalized spacial score (nSPS) is 12.5. The Kier molecular flexibility index (Phi) is 9.72. The first-order valence-electron chi connectivity index (χ1n) is 10.3. The van der Waals surface area contributed by atoms with Gasteiger partial charge >= 0.3 is 18.2 Å². The van der Waals surface area contributed by atoms with Crippen molar-refractivity contribution in [3.05, 3.63) is 94.9 Å². The van der Waals surface area contributed by atoms with Crippen LogP contribution in [0.2, 0.25) is 5.02 Å². The number of urea groups is 1. The van der Waals surface area contributed by atoms with Gasteiger partial charge in [-0.3, -0.25) is 4.79 Å². The summed E-state index contributed by atoms with van der Waals surface area (Å²) in [7, 11) is 1.43. The second-order valence-corrected chi connectivity index (χ2v) is 7.65. The van der Waals surface area contributed by atoms with Crippen LogP contribution in [0.1, 0.15) is 17.2 Å². The largest absolute Gasteiger partial charge is 0.479 e. The average Bonchev–Trinajstić information content (AvgIpc) is 2.83. The van der Waals surface area contributed by atoms with Crippen LogP contribution in [0, 0.1) is 0 Å². The number of aliphatic carboxylic acids is 1. The fourth-order valence-corrected chi connectivity index (χ4v) is 3.10. The molecule has 0 heterocycles. The van der Waals surface area contributed by atoms with E-state index >= 15 is 0 Å². The van der Waals surface area contributed by atoms with Gasteiger partial charge in [0.15, 0.2) is 6.04 Å². The zero-order chi connectivity index (χ0) is 27.8. The summed E-state index contributed by atoms with van der Waals surface area (Å²) < 4.78 is 44.7. The molecule has 0 bridgehead atoms. The number of alkyl halides is 3. The van der Waals surface area contributed by atoms with Crippen molar-refractivity contribution in [2.24, 2.45) is 5.73 Å². The van der Waals surface area contributed by atoms with Crippen LogP contribution in [0.15, 0.2) is 78.7 Å². The summed E-state index contributed by atoms with van der Waals surface area (Å²) in [5.41, 5.74) is 4.23. The van der Waals surface area contributed by atoms with E-state index in [-0.39, 0.29) is 28.3 Å². The highest BCUT2D eigenvalue weighted by Crippen LogP contribution is 2.36. The van der Waals surface area contributed by atoms with Gasteiger partial charge in [-0.05, 0) is 54.2 Å². The summed E-state index contributed by atoms with van der Waals surface area (Å²) in [5.74, 6) is -1.46. The predicted molar refractivity (Wildman–Crippen MR) is 131 cm³/mol. The van der Waals surface area contributed by atoms with Crippen molar-refractivity contribution in [1.82, 2.24) is 10.6 Å². The Balaban J connectivity index is 2.17. The Morgan fingerprint density at radius 2 is 1.81 bits per heavy atom. The Hall–Kier alpha value is -4.45. The van der Waals surface area contributed by atoms with Gasteiger partial charge in [0.1, 0.15) is 11.5 Å². The fraction of sp³-hybridized carbons (Fsp3) is 0.125. The number of nitrogens with one attached hydrogen (secondary N) is 3. The quantitative estimate of drug-likeness (QED) is 0.182. The van der Waals surface area contributed by atoms with E-state index < -0.39 is 40.7 Å². The third-order valence-corrected chi connectivity index (χ3v) is 4.93. The number of hydrogen-bond acceptors (Lipinski definition) is 5. The first-order chi connectivity index (χ1) is 17.3. The van der Waals surface area contributed by atoms with E-state index in [1.54, 1.807) is 0 Å². The second kappa shape index (κ2) is 12.5. The summed E-state index contributed by atoms with van der Waals surface area (Å²) >= 11 is 5.56. The van der Waals surface area contributed by atoms with Gasteiger partial charge < -0.3 is 31.5 Å². The van der Waals surface area contributed by atoms with Gasteiger partial charge in [0.2, 0.25) is 0 Å². The molecule has 0 aromatic heterocycles. The van der Waals surface area contributed by atoms with Crippen LogP contribution < -0.4 is 26.4 Å². The highest BCUT2D eigenvalue weighted by molar-refractivity contribution is 6.31. The monoisotopic (exact) mass is 538 g/mol. The van der Waals surface area contributed by atoms with Crippen LogP contribution in [0.3, 0.4) is 0 Å². The lowest BCUT2D eigenvalue weighted by atomic mass is 10.1. The molecule has 37 heavy (non-hydrogen) atoms. The van der Waals surface area contributed by atoms with Gasteiger partial charge in [-0.25, -0.2) is 9.59 Å². The Morgan fingerprint density at radius 1 is 1.16 bits per heavy atom. The van der Waals surface area contributed by atoms with Gasteiger partial charge in [-0.2, -0.15) is 13.2 Å². The lowest BCUT2D eigenvalue weighted by Gasteiger charge is -2.17. The predicted octanol–water partition coefficient (Wildman–Crippen LogP) is 4.34. The summed E-state index contributed by atoms with van der Waals surface area (Å²) in [4.78, 5) is 35.7. The van der Waals surface area contributed by atoms with Crippen molar-refractivity contribution >= 4 is 35.2 Å². The molecular formula is C24H22ClF3N4O5. The number of amides is 3. The molecule has 0 aliphatic rings. The number of rotatable bonds is 9. The minimum Gasteiger partial charge on any atom is -0.479 e. The van der Waals surface area contributed by atoms with Gasteiger partial charge in [-0.1, -0.05) is 30.3 Å². The number of allylic oxidation sites excluding steroid dienone is 1. The maximum absolute atomic E-state index is 13.0. The summed E-state index contributed by atoms with van der Waals surface area (Å²) in [6.45, 7) is 3.61. The van der Waals surface area contributed by atoms with Crippen LogP contribution in [0.4, 0.5) is 23.7 Å². The van der Waals surface area contributed by atoms with Crippen molar-refractivity contribution in [3.8, 4) is 5.75 Å². The van der Waals surface area contributed by atoms with Crippen molar-refractivity contribution in [1.29, 1.82) is 0 Å². The molecule has 2 aromatic carbocycles. The zero-order valence-electron chi connectivity index (χ0n) is 19.2. The van der Waals surface area contributed by atoms with E-state index in [2.05, 4.69) is 22.5 Å². The highest BCUT2D eigenvalue weighted by Gasteiger charge is 2.33. The molecule has 2 rings (SSSR count). The number of halogens is 4. The molecule has 0 radical (unpaired) electrons. The van der Waals surface area contributed by atoms with Crippen LogP contribution in [0.25, 0.3) is 0 Å². The van der Waals surface area contributed by atoms with Gasteiger partial charge in [-0.15, -0.1) is 0 Å². The summed E-state index contributed by atoms with van der Waals surface area (Å²) in [6.07, 6.45) is -0.861. The summed E-state index contributed by atoms with van der Waals surface area (Å²) in [6, 6.07) is 5.64. The molecule has 0 spiro atoms. The number of ether oxygens (including phenoxy) is 1. The van der Waals surface area contributed by atoms with E-state index in [1.165, 1.54) is 49.7 Å². The zero-order valence-corrected chi connectivity index (χ0v) is 20.0. The maximum Gasteiger partial charge on any atom is 0.417 e. The molecule has 0 fully saturated rings. The molecule has 196 valence electrons. The standard InChI is InChI=1S/C24H22ClF3N4O5/c1-13(21(33)30-2)11-17(9-10-29)37-16-6-3-14(4-7-16)20(22(34)35)32-23(36)31-15-5-8-19(25)18(12-15)24(26,27)28/h3-12,20H,1,29H2,2H3,(H,30,33)(H,34,35)(H2,31,32,36)/b10-9-,17-11+. The van der Waals surface area contributed by atoms with Crippen molar-refractivity contribution in [2.45, 2.75) is 12.2 Å². The molecule has 1 atom stereocenters. The number of likely N-dealkylation sites (N-methyl/N-ethyl adjacent to an activating group) is 1. The van der Waals surface area contributed by atoms with Crippen molar-refractivity contribution < 1.29 is 37.4 Å². The molecular weight excluding hydrogens is 517 g/mol. The Morgan fingerprint density at radius 3 is 2.35 bits per heavy atom. The molecule has 9 nitrogen and oxygen atoms in total. The van der Waals surface area contributed by atoms with Crippen molar-refractivity contribution in [3.63, 3.8) is 0 Å². The van der Waals surface area contributed by atoms with E-state index in [9.17, 15) is 32.7 Å². The average molecular weight is 539 g/mol. The molecule has 2 aromatic rings. The first kappa shape index (κ1) is 28.8. The van der Waals surface area contributed by atoms with Gasteiger partial charge in [0, 0.05) is 18.3 Å². The van der Waals surface area contributed by atoms with Gasteiger partial charge in [0.25, 0.3) is 5.91 Å². The first-order valence-corrected chi connectivity index (χ1v) is 10.7. The van der Waals surface area contributed by atoms with Crippen LogP contribution in [-0.4, -0.2) is 30.1 Å². The number of hydrogen-bond donors (Lipinski definition) is 5. The summed E-state index contributed by atoms with van der Waals surface area (Å²) in [5, 5.41) is 15.8. The molecule has 3 amide bonds. The Bertz CT molecular complexity index is 1240. The topological polar surface area (TPSA) is 143 Å². The molecule has 0 saturated carbocycles. The van der Waals surface area contributed by atoms with Crippen LogP contribution in [0.5, 0.6) is 5.75 Å². The number of carboxylic acid groups (broad SMARTS) is 1. The number of carbonyl (C=O) groups excluding carboxylic acids is 2. The highest BCUT2D eigenvalue weighted by atomic mass is 35.5. The number of benzene rings is 2.